The number of aryl methyl sites for hydroxylation is 1. The van der Waals surface area contributed by atoms with Gasteiger partial charge in [0, 0.05) is 6.20 Å². The molecular formula is C16H18F3N5OSe. The number of halogens is 3. The Labute approximate surface area is 154 Å². The molecule has 140 valence electrons. The molecule has 1 amide bonds. The van der Waals surface area contributed by atoms with Crippen molar-refractivity contribution in [3.8, 4) is 0 Å². The van der Waals surface area contributed by atoms with Gasteiger partial charge in [0.25, 0.3) is 0 Å². The van der Waals surface area contributed by atoms with Crippen LogP contribution in [0.3, 0.4) is 0 Å². The number of hydrogen-bond donors (Lipinski definition) is 3. The van der Waals surface area contributed by atoms with Gasteiger partial charge in [-0.25, -0.2) is 0 Å². The Bertz CT molecular complexity index is 754. The fourth-order valence-corrected chi connectivity index (χ4v) is 3.24. The Balaban J connectivity index is 0.000000263. The number of aliphatic imine (C=N–C) groups is 1. The molecule has 0 spiro atoms. The normalized spacial score (nSPS) is 14.5. The van der Waals surface area contributed by atoms with Crippen LogP contribution < -0.4 is 11.1 Å². The molecule has 0 saturated carbocycles. The van der Waals surface area contributed by atoms with Crippen LogP contribution in [-0.2, 0) is 11.2 Å². The van der Waals surface area contributed by atoms with Crippen molar-refractivity contribution >= 4 is 27.6 Å². The zero-order chi connectivity index (χ0) is 19.6. The van der Waals surface area contributed by atoms with Crippen molar-refractivity contribution in [2.24, 2.45) is 10.7 Å². The number of hydrogen-bond acceptors (Lipinski definition) is 4. The van der Waals surface area contributed by atoms with Gasteiger partial charge in [0.05, 0.1) is 12.6 Å². The SMILES string of the molecule is C=N/C=C1\NC(C(F)(F)F)=C[Se]1.Cc1cn[nH]cccc(CC(N)=O)c1. The first-order valence-corrected chi connectivity index (χ1v) is 9.05. The Morgan fingerprint density at radius 3 is 2.81 bits per heavy atom. The quantitative estimate of drug-likeness (QED) is 0.504. The van der Waals surface area contributed by atoms with Crippen molar-refractivity contribution in [2.75, 3.05) is 0 Å². The molecule has 0 aromatic carbocycles. The second-order valence-corrected chi connectivity index (χ2v) is 6.88. The molecule has 6 nitrogen and oxygen atoms in total. The summed E-state index contributed by atoms with van der Waals surface area (Å²) < 4.78 is 36.4. The number of carbonyl (C=O) groups is 1. The third-order valence-corrected chi connectivity index (χ3v) is 4.40. The van der Waals surface area contributed by atoms with E-state index in [1.165, 1.54) is 6.20 Å². The molecule has 0 fully saturated rings. The molecule has 0 saturated heterocycles. The molecule has 2 heterocycles. The van der Waals surface area contributed by atoms with Gasteiger partial charge >= 0.3 is 72.8 Å². The summed E-state index contributed by atoms with van der Waals surface area (Å²) in [5.41, 5.74) is 6.26. The number of aromatic amines is 1. The second kappa shape index (κ2) is 10.4. The van der Waals surface area contributed by atoms with E-state index in [4.69, 9.17) is 5.73 Å². The fraction of sp³-hybridized carbons (Fsp3) is 0.188. The Morgan fingerprint density at radius 2 is 2.23 bits per heavy atom. The molecule has 1 aliphatic heterocycles. The van der Waals surface area contributed by atoms with Crippen LogP contribution in [0.5, 0.6) is 0 Å². The maximum atomic E-state index is 12.0. The average molecular weight is 432 g/mol. The van der Waals surface area contributed by atoms with E-state index in [2.05, 4.69) is 27.2 Å². The van der Waals surface area contributed by atoms with Crippen LogP contribution in [0.25, 0.3) is 0 Å². The van der Waals surface area contributed by atoms with E-state index >= 15 is 0 Å². The minimum atomic E-state index is -4.28. The maximum absolute atomic E-state index is 12.0. The van der Waals surface area contributed by atoms with Crippen molar-refractivity contribution in [1.82, 2.24) is 15.5 Å². The molecular weight excluding hydrogens is 414 g/mol. The first-order valence-electron chi connectivity index (χ1n) is 7.20. The van der Waals surface area contributed by atoms with E-state index in [9.17, 15) is 18.0 Å². The number of nitrogens with two attached hydrogens (primary N) is 1. The summed E-state index contributed by atoms with van der Waals surface area (Å²) in [6.07, 6.45) is 0.637. The van der Waals surface area contributed by atoms with Crippen LogP contribution in [0, 0.1) is 6.92 Å². The van der Waals surface area contributed by atoms with E-state index in [-0.39, 0.29) is 27.3 Å². The molecule has 26 heavy (non-hydrogen) atoms. The van der Waals surface area contributed by atoms with Gasteiger partial charge < -0.3 is 5.73 Å². The molecule has 0 bridgehead atoms. The van der Waals surface area contributed by atoms with Crippen LogP contribution in [0.2, 0.25) is 0 Å². The molecule has 10 heteroatoms. The van der Waals surface area contributed by atoms with Gasteiger partial charge in [0.15, 0.2) is 0 Å². The van der Waals surface area contributed by atoms with Crippen LogP contribution in [0.4, 0.5) is 13.2 Å². The van der Waals surface area contributed by atoms with Crippen LogP contribution in [0.1, 0.15) is 11.1 Å². The van der Waals surface area contributed by atoms with Crippen LogP contribution in [0.15, 0.2) is 57.1 Å². The summed E-state index contributed by atoms with van der Waals surface area (Å²) in [6.45, 7) is 5.06. The van der Waals surface area contributed by atoms with Gasteiger partial charge in [-0.15, -0.1) is 0 Å². The summed E-state index contributed by atoms with van der Waals surface area (Å²) in [5, 5.41) is 8.85. The summed E-state index contributed by atoms with van der Waals surface area (Å²) in [5.74, 6) is -0.335. The molecule has 2 rings (SSSR count). The molecule has 1 aromatic rings. The maximum Gasteiger partial charge on any atom is 0.221 e. The zero-order valence-corrected chi connectivity index (χ0v) is 15.6. The van der Waals surface area contributed by atoms with Crippen molar-refractivity contribution in [2.45, 2.75) is 19.5 Å². The first-order chi connectivity index (χ1) is 12.2. The standard InChI is InChI=1S/C10H13N3O.C6H5F3N2Se/c1-8-5-9(6-10(11)14)3-2-4-12-13-7-8;1-10-2-5-11-4(3-12-5)6(7,8)9/h2-5,7,12H,6H2,1H3,(H2,11,14);2-3,11H,1H2/b;5-2+. The van der Waals surface area contributed by atoms with Crippen molar-refractivity contribution < 1.29 is 18.0 Å². The number of allylic oxidation sites excluding steroid dienone is 1. The largest absolute Gasteiger partial charge is 0.369 e. The number of H-pyrrole nitrogens is 1. The third-order valence-electron chi connectivity index (χ3n) is 2.69. The van der Waals surface area contributed by atoms with Gasteiger partial charge in [0.2, 0.25) is 5.91 Å². The summed E-state index contributed by atoms with van der Waals surface area (Å²) in [4.78, 5) is 15.3. The molecule has 4 N–H and O–H groups in total. The Morgan fingerprint density at radius 1 is 1.50 bits per heavy atom. The summed E-state index contributed by atoms with van der Waals surface area (Å²) in [7, 11) is 0. The molecule has 0 atom stereocenters. The monoisotopic (exact) mass is 433 g/mol. The number of nitrogens with zero attached hydrogens (tertiary/aromatic N) is 2. The predicted molar refractivity (Wildman–Crippen MR) is 94.5 cm³/mol. The topological polar surface area (TPSA) is 96.2 Å². The number of rotatable bonds is 3. The minimum Gasteiger partial charge on any atom is -0.369 e. The number of amides is 1. The number of carbonyl (C=O) groups excluding carboxylic acids is 1. The van der Waals surface area contributed by atoms with Crippen LogP contribution in [-0.4, -0.2) is 44.0 Å². The molecule has 0 radical (unpaired) electrons. The average Bonchev–Trinajstić information content (AvgIpc) is 3.01. The smallest absolute Gasteiger partial charge is 0.221 e. The van der Waals surface area contributed by atoms with Gasteiger partial charge in [-0.2, -0.15) is 5.10 Å². The van der Waals surface area contributed by atoms with Crippen molar-refractivity contribution in [3.63, 3.8) is 0 Å². The number of primary amides is 1. The first kappa shape index (κ1) is 21.5. The van der Waals surface area contributed by atoms with Gasteiger partial charge in [0.1, 0.15) is 0 Å². The van der Waals surface area contributed by atoms with Crippen molar-refractivity contribution in [1.29, 1.82) is 0 Å². The minimum absolute atomic E-state index is 0.246. The van der Waals surface area contributed by atoms with Crippen LogP contribution >= 0.6 is 0 Å². The second-order valence-electron chi connectivity index (χ2n) is 4.97. The van der Waals surface area contributed by atoms with E-state index in [1.807, 2.05) is 19.1 Å². The van der Waals surface area contributed by atoms with E-state index in [1.54, 1.807) is 18.5 Å². The molecule has 1 aromatic heterocycles. The van der Waals surface area contributed by atoms with Crippen molar-refractivity contribution in [3.05, 3.63) is 63.2 Å². The molecule has 0 unspecified atom stereocenters. The van der Waals surface area contributed by atoms with Gasteiger partial charge in [-0.05, 0) is 24.1 Å². The van der Waals surface area contributed by atoms with Gasteiger partial charge in [-0.3, -0.25) is 9.89 Å². The van der Waals surface area contributed by atoms with Gasteiger partial charge in [-0.1, -0.05) is 12.1 Å². The third kappa shape index (κ3) is 8.50. The van der Waals surface area contributed by atoms with E-state index in [0.717, 1.165) is 16.1 Å². The number of aromatic nitrogens is 2. The predicted octanol–water partition coefficient (Wildman–Crippen LogP) is 2.07. The number of nitrogens with one attached hydrogen (secondary N) is 2. The number of alkyl halides is 3. The summed E-state index contributed by atoms with van der Waals surface area (Å²) >= 11 is -0.300. The molecule has 1 aliphatic rings. The fourth-order valence-electron chi connectivity index (χ4n) is 1.68. The van der Waals surface area contributed by atoms with E-state index in [0.29, 0.717) is 4.60 Å². The summed E-state index contributed by atoms with van der Waals surface area (Å²) in [6, 6.07) is 5.49. The molecule has 0 aliphatic carbocycles. The Hall–Kier alpha value is -2.58. The zero-order valence-electron chi connectivity index (χ0n) is 13.9. The Kier molecular flexibility index (Phi) is 8.60. The van der Waals surface area contributed by atoms with E-state index < -0.39 is 11.9 Å².